The molecule has 8 heteroatoms. The van der Waals surface area contributed by atoms with E-state index in [-0.39, 0.29) is 18.5 Å². The summed E-state index contributed by atoms with van der Waals surface area (Å²) in [7, 11) is 0. The topological polar surface area (TPSA) is 64.3 Å². The van der Waals surface area contributed by atoms with Crippen LogP contribution in [0.5, 0.6) is 0 Å². The molecule has 3 N–H and O–H groups in total. The molecule has 0 heterocycles. The van der Waals surface area contributed by atoms with Gasteiger partial charge in [-0.25, -0.2) is 9.18 Å². The molecule has 1 unspecified atom stereocenters. The average molecular weight is 336 g/mol. The maximum absolute atomic E-state index is 13.2. The zero-order valence-corrected chi connectivity index (χ0v) is 13.1. The molecule has 1 atom stereocenters. The van der Waals surface area contributed by atoms with Crippen molar-refractivity contribution in [3.8, 4) is 0 Å². The molecular weight excluding hydrogens is 316 g/mol. The van der Waals surface area contributed by atoms with Crippen LogP contribution < -0.4 is 11.1 Å². The minimum Gasteiger partial charge on any atom is -0.444 e. The number of nitrogens with one attached hydrogen (secondary N) is 1. The van der Waals surface area contributed by atoms with Gasteiger partial charge in [-0.05, 0) is 44.9 Å². The molecule has 0 aromatic heterocycles. The van der Waals surface area contributed by atoms with Gasteiger partial charge in [-0.3, -0.25) is 0 Å². The first-order valence-corrected chi connectivity index (χ1v) is 6.97. The number of ether oxygens (including phenoxy) is 1. The van der Waals surface area contributed by atoms with E-state index in [4.69, 9.17) is 10.5 Å². The number of hydrogen-bond acceptors (Lipinski definition) is 3. The number of carbonyl (C=O) groups is 1. The van der Waals surface area contributed by atoms with Crippen molar-refractivity contribution < 1.29 is 27.1 Å². The largest absolute Gasteiger partial charge is 0.444 e. The van der Waals surface area contributed by atoms with Crippen LogP contribution in [0.3, 0.4) is 0 Å². The Labute approximate surface area is 132 Å². The normalized spacial score (nSPS) is 13.6. The summed E-state index contributed by atoms with van der Waals surface area (Å²) < 4.78 is 56.4. The number of nitrogens with two attached hydrogens (primary N) is 1. The van der Waals surface area contributed by atoms with Gasteiger partial charge >= 0.3 is 12.3 Å². The minimum atomic E-state index is -4.78. The highest BCUT2D eigenvalue weighted by atomic mass is 19.4. The van der Waals surface area contributed by atoms with E-state index < -0.39 is 35.3 Å². The van der Waals surface area contributed by atoms with Crippen molar-refractivity contribution in [2.45, 2.75) is 45.0 Å². The Morgan fingerprint density at radius 2 is 1.91 bits per heavy atom. The molecule has 130 valence electrons. The van der Waals surface area contributed by atoms with Crippen molar-refractivity contribution in [2.24, 2.45) is 5.73 Å². The first-order chi connectivity index (χ1) is 10.4. The third kappa shape index (κ3) is 6.43. The van der Waals surface area contributed by atoms with Gasteiger partial charge in [0.15, 0.2) is 0 Å². The molecule has 1 aromatic carbocycles. The highest BCUT2D eigenvalue weighted by Crippen LogP contribution is 2.32. The third-order valence-corrected chi connectivity index (χ3v) is 2.82. The van der Waals surface area contributed by atoms with Gasteiger partial charge in [0.2, 0.25) is 0 Å². The molecule has 1 aromatic rings. The second kappa shape index (κ2) is 7.16. The summed E-state index contributed by atoms with van der Waals surface area (Å²) in [5.41, 5.74) is 3.68. The third-order valence-electron chi connectivity index (χ3n) is 2.82. The molecule has 0 aliphatic heterocycles. The molecule has 4 nitrogen and oxygen atoms in total. The van der Waals surface area contributed by atoms with Crippen LogP contribution in [0.2, 0.25) is 0 Å². The van der Waals surface area contributed by atoms with Crippen LogP contribution in [-0.2, 0) is 17.3 Å². The summed E-state index contributed by atoms with van der Waals surface area (Å²) in [5, 5.41) is 2.48. The van der Waals surface area contributed by atoms with Gasteiger partial charge in [-0.2, -0.15) is 13.2 Å². The lowest BCUT2D eigenvalue weighted by Crippen LogP contribution is -2.44. The molecule has 0 saturated carbocycles. The Balaban J connectivity index is 2.82. The summed E-state index contributed by atoms with van der Waals surface area (Å²) in [6.45, 7) is 5.04. The first kappa shape index (κ1) is 19.2. The van der Waals surface area contributed by atoms with Crippen LogP contribution in [0.1, 0.15) is 31.9 Å². The van der Waals surface area contributed by atoms with E-state index in [1.807, 2.05) is 0 Å². The predicted octanol–water partition coefficient (Wildman–Crippen LogP) is 3.24. The highest BCUT2D eigenvalue weighted by molar-refractivity contribution is 5.68. The zero-order valence-electron chi connectivity index (χ0n) is 13.1. The van der Waals surface area contributed by atoms with Crippen molar-refractivity contribution >= 4 is 6.09 Å². The summed E-state index contributed by atoms with van der Waals surface area (Å²) in [6.07, 6.45) is -5.47. The monoisotopic (exact) mass is 336 g/mol. The molecule has 23 heavy (non-hydrogen) atoms. The number of benzene rings is 1. The lowest BCUT2D eigenvalue weighted by molar-refractivity contribution is -0.140. The quantitative estimate of drug-likeness (QED) is 0.830. The number of alkyl carbamates (subject to hydrolysis) is 1. The minimum absolute atomic E-state index is 0.00201. The van der Waals surface area contributed by atoms with Gasteiger partial charge in [-0.15, -0.1) is 0 Å². The van der Waals surface area contributed by atoms with E-state index >= 15 is 0 Å². The van der Waals surface area contributed by atoms with E-state index in [9.17, 15) is 22.4 Å². The van der Waals surface area contributed by atoms with Crippen molar-refractivity contribution in [1.82, 2.24) is 5.32 Å². The Bertz CT molecular complexity index is 553. The maximum atomic E-state index is 13.2. The molecule has 1 rings (SSSR count). The number of amides is 1. The summed E-state index contributed by atoms with van der Waals surface area (Å²) >= 11 is 0. The summed E-state index contributed by atoms with van der Waals surface area (Å²) in [5.74, 6) is -1.34. The number of rotatable bonds is 4. The molecule has 1 amide bonds. The SMILES string of the molecule is CC(C)(C)OC(=O)NC(CN)Cc1ccc(F)c(C(F)(F)F)c1. The molecule has 0 spiro atoms. The van der Waals surface area contributed by atoms with E-state index in [2.05, 4.69) is 5.32 Å². The molecule has 0 bridgehead atoms. The van der Waals surface area contributed by atoms with E-state index in [1.54, 1.807) is 20.8 Å². The van der Waals surface area contributed by atoms with Crippen LogP contribution in [0.25, 0.3) is 0 Å². The van der Waals surface area contributed by atoms with Crippen LogP contribution >= 0.6 is 0 Å². The molecule has 0 aliphatic rings. The summed E-state index contributed by atoms with van der Waals surface area (Å²) in [6, 6.07) is 2.06. The molecule has 0 aliphatic carbocycles. The number of hydrogen-bond donors (Lipinski definition) is 2. The Morgan fingerprint density at radius 1 is 1.30 bits per heavy atom. The average Bonchev–Trinajstić information content (AvgIpc) is 2.36. The Hall–Kier alpha value is -1.83. The van der Waals surface area contributed by atoms with Crippen molar-refractivity contribution in [1.29, 1.82) is 0 Å². The van der Waals surface area contributed by atoms with Gasteiger partial charge in [0.25, 0.3) is 0 Å². The second-order valence-corrected chi connectivity index (χ2v) is 6.09. The lowest BCUT2D eigenvalue weighted by atomic mass is 10.0. The summed E-state index contributed by atoms with van der Waals surface area (Å²) in [4.78, 5) is 11.7. The molecule has 0 radical (unpaired) electrons. The Morgan fingerprint density at radius 3 is 2.39 bits per heavy atom. The smallest absolute Gasteiger partial charge is 0.419 e. The lowest BCUT2D eigenvalue weighted by Gasteiger charge is -2.23. The fraction of sp³-hybridized carbons (Fsp3) is 0.533. The fourth-order valence-corrected chi connectivity index (χ4v) is 1.87. The van der Waals surface area contributed by atoms with Crippen LogP contribution in [0, 0.1) is 5.82 Å². The fourth-order valence-electron chi connectivity index (χ4n) is 1.87. The van der Waals surface area contributed by atoms with Crippen LogP contribution in [0.15, 0.2) is 18.2 Å². The van der Waals surface area contributed by atoms with Gasteiger partial charge in [0, 0.05) is 12.6 Å². The second-order valence-electron chi connectivity index (χ2n) is 6.09. The number of alkyl halides is 3. The molecule has 0 saturated heterocycles. The molecular formula is C15H20F4N2O2. The predicted molar refractivity (Wildman–Crippen MR) is 77.3 cm³/mol. The number of carbonyl (C=O) groups excluding carboxylic acids is 1. The van der Waals surface area contributed by atoms with Crippen LogP contribution in [0.4, 0.5) is 22.4 Å². The van der Waals surface area contributed by atoms with E-state index in [0.717, 1.165) is 12.1 Å². The van der Waals surface area contributed by atoms with Gasteiger partial charge < -0.3 is 15.8 Å². The standard InChI is InChI=1S/C15H20F4N2O2/c1-14(2,3)23-13(22)21-10(8-20)6-9-4-5-12(16)11(7-9)15(17,18)19/h4-5,7,10H,6,8,20H2,1-3H3,(H,21,22). The van der Waals surface area contributed by atoms with Gasteiger partial charge in [0.05, 0.1) is 5.56 Å². The van der Waals surface area contributed by atoms with E-state index in [0.29, 0.717) is 0 Å². The van der Waals surface area contributed by atoms with E-state index in [1.165, 1.54) is 6.07 Å². The van der Waals surface area contributed by atoms with Crippen molar-refractivity contribution in [2.75, 3.05) is 6.54 Å². The van der Waals surface area contributed by atoms with Gasteiger partial charge in [0.1, 0.15) is 11.4 Å². The van der Waals surface area contributed by atoms with Crippen LogP contribution in [-0.4, -0.2) is 24.3 Å². The number of halogens is 4. The van der Waals surface area contributed by atoms with Gasteiger partial charge in [-0.1, -0.05) is 6.07 Å². The highest BCUT2D eigenvalue weighted by Gasteiger charge is 2.34. The zero-order chi connectivity index (χ0) is 17.8. The Kier molecular flexibility index (Phi) is 5.98. The maximum Gasteiger partial charge on any atom is 0.419 e. The van der Waals surface area contributed by atoms with Crippen molar-refractivity contribution in [3.05, 3.63) is 35.1 Å². The molecule has 0 fully saturated rings. The van der Waals surface area contributed by atoms with Crippen molar-refractivity contribution in [3.63, 3.8) is 0 Å². The first-order valence-electron chi connectivity index (χ1n) is 6.97.